The Kier molecular flexibility index (Phi) is 4.19. The van der Waals surface area contributed by atoms with Crippen molar-refractivity contribution in [2.45, 2.75) is 36.3 Å². The molecular formula is C13H13Cl2N5O4. The van der Waals surface area contributed by atoms with Crippen molar-refractivity contribution in [3.63, 3.8) is 0 Å². The number of halogens is 2. The quantitative estimate of drug-likeness (QED) is 0.411. The Balaban J connectivity index is 2.20. The maximum Gasteiger partial charge on any atom is 0.280 e. The van der Waals surface area contributed by atoms with Gasteiger partial charge in [-0.15, -0.1) is 0 Å². The highest BCUT2D eigenvalue weighted by Crippen LogP contribution is 2.44. The van der Waals surface area contributed by atoms with Crippen molar-refractivity contribution >= 4 is 40.3 Å². The van der Waals surface area contributed by atoms with Crippen LogP contribution in [0.25, 0.3) is 11.2 Å². The van der Waals surface area contributed by atoms with Crippen molar-refractivity contribution in [3.8, 4) is 11.3 Å². The summed E-state index contributed by atoms with van der Waals surface area (Å²) in [4.78, 5) is 20.5. The number of aromatic nitrogens is 4. The predicted octanol–water partition coefficient (Wildman–Crippen LogP) is -0.482. The molecule has 0 saturated carbocycles. The number of hydrogen-bond acceptors (Lipinski definition) is 7. The van der Waals surface area contributed by atoms with E-state index in [-0.39, 0.29) is 17.1 Å². The summed E-state index contributed by atoms with van der Waals surface area (Å²) in [6.45, 7) is 1.44. The van der Waals surface area contributed by atoms with Gasteiger partial charge in [-0.05, 0) is 18.5 Å². The third-order valence-electron chi connectivity index (χ3n) is 3.80. The molecule has 1 saturated heterocycles. The van der Waals surface area contributed by atoms with E-state index in [9.17, 15) is 15.0 Å². The van der Waals surface area contributed by atoms with Crippen molar-refractivity contribution in [1.29, 1.82) is 0 Å². The van der Waals surface area contributed by atoms with E-state index in [1.165, 1.54) is 17.8 Å². The minimum atomic E-state index is -1.68. The number of fused-ring (bicyclic) bond motifs is 1. The van der Waals surface area contributed by atoms with E-state index < -0.39 is 35.0 Å². The Hall–Kier alpha value is -1.83. The van der Waals surface area contributed by atoms with Crippen LogP contribution in [0.5, 0.6) is 0 Å². The van der Waals surface area contributed by atoms with Crippen LogP contribution in [0.1, 0.15) is 13.2 Å². The average molecular weight is 374 g/mol. The fraction of sp³-hybridized carbons (Fsp3) is 0.462. The molecule has 128 valence electrons. The highest BCUT2D eigenvalue weighted by atomic mass is 35.5. The zero-order valence-corrected chi connectivity index (χ0v) is 13.8. The number of anilines is 1. The van der Waals surface area contributed by atoms with Crippen LogP contribution < -0.4 is 11.3 Å². The molecule has 0 aromatic carbocycles. The van der Waals surface area contributed by atoms with Gasteiger partial charge in [0.25, 0.3) is 5.56 Å². The molecule has 1 fully saturated rings. The van der Waals surface area contributed by atoms with Gasteiger partial charge in [-0.1, -0.05) is 17.5 Å². The van der Waals surface area contributed by atoms with Crippen LogP contribution in [0.15, 0.2) is 11.1 Å². The van der Waals surface area contributed by atoms with E-state index in [4.69, 9.17) is 33.7 Å². The highest BCUT2D eigenvalue weighted by molar-refractivity contribution is 6.32. The first-order chi connectivity index (χ1) is 11.3. The van der Waals surface area contributed by atoms with Crippen LogP contribution in [0.2, 0.25) is 0 Å². The average Bonchev–Trinajstić information content (AvgIpc) is 3.00. The van der Waals surface area contributed by atoms with Crippen molar-refractivity contribution in [2.75, 3.05) is 5.73 Å². The number of H-pyrrole nitrogens is 1. The summed E-state index contributed by atoms with van der Waals surface area (Å²) in [7, 11) is 0. The molecule has 3 rings (SSSR count). The summed E-state index contributed by atoms with van der Waals surface area (Å²) in [6.07, 6.45) is -3.26. The predicted molar refractivity (Wildman–Crippen MR) is 86.4 cm³/mol. The second kappa shape index (κ2) is 5.91. The van der Waals surface area contributed by atoms with Gasteiger partial charge in [-0.2, -0.15) is 4.98 Å². The van der Waals surface area contributed by atoms with E-state index in [1.807, 2.05) is 0 Å². The van der Waals surface area contributed by atoms with E-state index in [0.717, 1.165) is 0 Å². The lowest BCUT2D eigenvalue weighted by atomic mass is 9.97. The number of nitrogens with zero attached hydrogens (tertiary/aromatic N) is 3. The number of hydrogen-bond donors (Lipinski definition) is 4. The van der Waals surface area contributed by atoms with E-state index in [0.29, 0.717) is 0 Å². The summed E-state index contributed by atoms with van der Waals surface area (Å²) >= 11 is 11.9. The van der Waals surface area contributed by atoms with Crippen LogP contribution in [0.3, 0.4) is 0 Å². The first kappa shape index (κ1) is 17.0. The molecule has 1 aliphatic heterocycles. The first-order valence-electron chi connectivity index (χ1n) is 6.85. The fourth-order valence-electron chi connectivity index (χ4n) is 2.68. The fourth-order valence-corrected chi connectivity index (χ4v) is 3.21. The molecule has 2 aromatic heterocycles. The number of aromatic amines is 1. The van der Waals surface area contributed by atoms with Gasteiger partial charge in [-0.3, -0.25) is 14.3 Å². The molecule has 9 nitrogen and oxygen atoms in total. The highest BCUT2D eigenvalue weighted by Gasteiger charge is 2.57. The van der Waals surface area contributed by atoms with Gasteiger partial charge in [0.15, 0.2) is 22.3 Å². The Morgan fingerprint density at radius 1 is 1.62 bits per heavy atom. The van der Waals surface area contributed by atoms with Crippen LogP contribution in [0.4, 0.5) is 5.95 Å². The monoisotopic (exact) mass is 373 g/mol. The Bertz CT molecular complexity index is 901. The molecule has 0 bridgehead atoms. The van der Waals surface area contributed by atoms with Crippen LogP contribution in [0, 0.1) is 11.3 Å². The SMILES string of the molecule is C[C@H](O)[C@H]1O[C@@H](n2cnc3c(=O)[nH]c(N)nc32)[C@@](Cl)(C#CCl)C1O. The van der Waals surface area contributed by atoms with Crippen molar-refractivity contribution < 1.29 is 14.9 Å². The molecular weight excluding hydrogens is 361 g/mol. The van der Waals surface area contributed by atoms with Crippen molar-refractivity contribution in [1.82, 2.24) is 19.5 Å². The molecule has 0 radical (unpaired) electrons. The van der Waals surface area contributed by atoms with E-state index in [1.54, 1.807) is 0 Å². The molecule has 24 heavy (non-hydrogen) atoms. The van der Waals surface area contributed by atoms with Crippen LogP contribution >= 0.6 is 23.2 Å². The number of rotatable bonds is 2. The molecule has 1 unspecified atom stereocenters. The number of alkyl halides is 1. The zero-order chi connectivity index (χ0) is 17.6. The Morgan fingerprint density at radius 2 is 2.33 bits per heavy atom. The molecule has 1 aliphatic rings. The number of nitrogens with two attached hydrogens (primary N) is 1. The maximum absolute atomic E-state index is 11.9. The first-order valence-corrected chi connectivity index (χ1v) is 7.60. The zero-order valence-electron chi connectivity index (χ0n) is 12.3. The summed E-state index contributed by atoms with van der Waals surface area (Å²) in [6, 6.07) is 0. The topological polar surface area (TPSA) is 139 Å². The van der Waals surface area contributed by atoms with Gasteiger partial charge in [0.05, 0.1) is 12.4 Å². The second-order valence-corrected chi connectivity index (χ2v) is 6.22. The van der Waals surface area contributed by atoms with Gasteiger partial charge in [-0.25, -0.2) is 4.98 Å². The second-order valence-electron chi connectivity index (χ2n) is 5.40. The van der Waals surface area contributed by atoms with E-state index >= 15 is 0 Å². The molecule has 3 heterocycles. The largest absolute Gasteiger partial charge is 0.391 e. The van der Waals surface area contributed by atoms with Gasteiger partial charge < -0.3 is 20.7 Å². The molecule has 5 atom stereocenters. The van der Waals surface area contributed by atoms with Gasteiger partial charge in [0, 0.05) is 5.38 Å². The van der Waals surface area contributed by atoms with Crippen molar-refractivity contribution in [2.24, 2.45) is 0 Å². The molecule has 2 aromatic rings. The standard InChI is InChI=1S/C13H13Cl2N5O4/c1-5(21)7-8(22)13(15,2-3-14)11(24-7)20-4-17-6-9(20)18-12(16)19-10(6)23/h4-5,7-8,11,21-22H,1H3,(H3,16,18,19,23)/t5-,7+,8?,11+,13+/m0/s1. The van der Waals surface area contributed by atoms with E-state index in [2.05, 4.69) is 26.3 Å². The Morgan fingerprint density at radius 3 is 2.96 bits per heavy atom. The molecule has 0 spiro atoms. The maximum atomic E-state index is 11.9. The number of nitrogen functional groups attached to an aromatic ring is 1. The lowest BCUT2D eigenvalue weighted by molar-refractivity contribution is -0.0752. The number of ether oxygens (including phenoxy) is 1. The summed E-state index contributed by atoms with van der Waals surface area (Å²) in [5, 5.41) is 22.4. The summed E-state index contributed by atoms with van der Waals surface area (Å²) < 4.78 is 6.99. The molecule has 11 heteroatoms. The third kappa shape index (κ3) is 2.44. The number of aliphatic hydroxyl groups excluding tert-OH is 2. The smallest absolute Gasteiger partial charge is 0.280 e. The van der Waals surface area contributed by atoms with Crippen molar-refractivity contribution in [3.05, 3.63) is 16.7 Å². The third-order valence-corrected chi connectivity index (χ3v) is 4.40. The number of nitrogens with one attached hydrogen (secondary N) is 1. The summed E-state index contributed by atoms with van der Waals surface area (Å²) in [5.74, 6) is 2.37. The number of imidazole rings is 1. The normalized spacial score (nSPS) is 31.0. The van der Waals surface area contributed by atoms with Crippen LogP contribution in [-0.4, -0.2) is 52.9 Å². The van der Waals surface area contributed by atoms with Gasteiger partial charge in [0.1, 0.15) is 12.2 Å². The van der Waals surface area contributed by atoms with Crippen LogP contribution in [-0.2, 0) is 4.74 Å². The number of aliphatic hydroxyl groups is 2. The molecule has 0 amide bonds. The minimum Gasteiger partial charge on any atom is -0.391 e. The summed E-state index contributed by atoms with van der Waals surface area (Å²) in [5.41, 5.74) is 5.14. The van der Waals surface area contributed by atoms with Gasteiger partial charge >= 0.3 is 0 Å². The van der Waals surface area contributed by atoms with Gasteiger partial charge in [0.2, 0.25) is 5.95 Å². The Labute approximate surface area is 145 Å². The minimum absolute atomic E-state index is 0.0145. The lowest BCUT2D eigenvalue weighted by Crippen LogP contribution is -2.43. The molecule has 5 N–H and O–H groups in total. The lowest BCUT2D eigenvalue weighted by Gasteiger charge is -2.25. The molecule has 0 aliphatic carbocycles.